The highest BCUT2D eigenvalue weighted by Gasteiger charge is 2.20. The Hall–Kier alpha value is -3.98. The molecule has 0 radical (unpaired) electrons. The topological polar surface area (TPSA) is 98.3 Å². The summed E-state index contributed by atoms with van der Waals surface area (Å²) in [5.74, 6) is 0.343. The molecule has 1 aliphatic heterocycles. The van der Waals surface area contributed by atoms with Crippen LogP contribution in [-0.4, -0.2) is 46.7 Å². The van der Waals surface area contributed by atoms with Crippen molar-refractivity contribution in [2.24, 2.45) is 5.73 Å². The van der Waals surface area contributed by atoms with Crippen LogP contribution in [0.3, 0.4) is 0 Å². The highest BCUT2D eigenvalue weighted by Crippen LogP contribution is 2.29. The van der Waals surface area contributed by atoms with Crippen LogP contribution in [0.4, 0.5) is 15.9 Å². The van der Waals surface area contributed by atoms with Gasteiger partial charge in [-0.25, -0.2) is 9.37 Å². The third kappa shape index (κ3) is 4.17. The zero-order chi connectivity index (χ0) is 23.7. The minimum atomic E-state index is -0.483. The van der Waals surface area contributed by atoms with Crippen molar-refractivity contribution in [2.45, 2.75) is 13.5 Å². The molecule has 3 heterocycles. The number of amides is 1. The number of nitrogens with zero attached hydrogens (tertiary/aromatic N) is 4. The average Bonchev–Trinajstić information content (AvgIpc) is 3.18. The van der Waals surface area contributed by atoms with E-state index in [-0.39, 0.29) is 5.82 Å². The molecular weight excluding hydrogens is 435 g/mol. The standard InChI is InChI=1S/C25H25FN6O2/c1-16-12-20-19(23(27)33)6-3-7-21(20)32(16)25-29-15-22(31-8-10-34-11-9-31)24(30-25)28-14-17-4-2-5-18(26)13-17/h2-7,12-13,15H,8-11,14H2,1H3,(H2,27,33)(H,28,29,30). The largest absolute Gasteiger partial charge is 0.378 e. The fourth-order valence-electron chi connectivity index (χ4n) is 4.32. The summed E-state index contributed by atoms with van der Waals surface area (Å²) in [6, 6.07) is 13.8. The van der Waals surface area contributed by atoms with E-state index in [1.807, 2.05) is 29.7 Å². The summed E-state index contributed by atoms with van der Waals surface area (Å²) in [4.78, 5) is 23.6. The van der Waals surface area contributed by atoms with E-state index in [1.165, 1.54) is 12.1 Å². The summed E-state index contributed by atoms with van der Waals surface area (Å²) in [5, 5.41) is 4.12. The Morgan fingerprint density at radius 1 is 1.18 bits per heavy atom. The van der Waals surface area contributed by atoms with Crippen molar-refractivity contribution < 1.29 is 13.9 Å². The van der Waals surface area contributed by atoms with Crippen molar-refractivity contribution >= 4 is 28.3 Å². The van der Waals surface area contributed by atoms with Gasteiger partial charge in [0.25, 0.3) is 0 Å². The first-order chi connectivity index (χ1) is 16.5. The second-order valence-electron chi connectivity index (χ2n) is 8.21. The summed E-state index contributed by atoms with van der Waals surface area (Å²) >= 11 is 0. The first-order valence-electron chi connectivity index (χ1n) is 11.1. The molecule has 8 nitrogen and oxygen atoms in total. The minimum Gasteiger partial charge on any atom is -0.378 e. The van der Waals surface area contributed by atoms with Crippen molar-refractivity contribution in [3.05, 3.63) is 77.4 Å². The lowest BCUT2D eigenvalue weighted by Crippen LogP contribution is -2.37. The summed E-state index contributed by atoms with van der Waals surface area (Å²) < 4.78 is 21.1. The van der Waals surface area contributed by atoms with Crippen LogP contribution in [0.1, 0.15) is 21.6 Å². The number of aryl methyl sites for hydroxylation is 1. The predicted octanol–water partition coefficient (Wildman–Crippen LogP) is 3.42. The van der Waals surface area contributed by atoms with Gasteiger partial charge in [-0.1, -0.05) is 18.2 Å². The van der Waals surface area contributed by atoms with Crippen LogP contribution in [0.2, 0.25) is 0 Å². The molecule has 34 heavy (non-hydrogen) atoms. The number of hydrogen-bond acceptors (Lipinski definition) is 6. The van der Waals surface area contributed by atoms with Gasteiger partial charge in [0.05, 0.1) is 30.6 Å². The first kappa shape index (κ1) is 21.8. The van der Waals surface area contributed by atoms with E-state index >= 15 is 0 Å². The highest BCUT2D eigenvalue weighted by atomic mass is 19.1. The predicted molar refractivity (Wildman–Crippen MR) is 129 cm³/mol. The fourth-order valence-corrected chi connectivity index (χ4v) is 4.32. The van der Waals surface area contributed by atoms with Crippen molar-refractivity contribution in [2.75, 3.05) is 36.5 Å². The number of aromatic nitrogens is 3. The molecule has 1 fully saturated rings. The molecule has 3 N–H and O–H groups in total. The average molecular weight is 461 g/mol. The normalized spacial score (nSPS) is 13.9. The monoisotopic (exact) mass is 460 g/mol. The number of carbonyl (C=O) groups is 1. The molecule has 2 aromatic heterocycles. The minimum absolute atomic E-state index is 0.282. The van der Waals surface area contributed by atoms with Crippen LogP contribution in [0.5, 0.6) is 0 Å². The maximum Gasteiger partial charge on any atom is 0.249 e. The number of anilines is 2. The smallest absolute Gasteiger partial charge is 0.249 e. The number of nitrogens with one attached hydrogen (secondary N) is 1. The number of carbonyl (C=O) groups excluding carboxylic acids is 1. The fraction of sp³-hybridized carbons (Fsp3) is 0.240. The Morgan fingerprint density at radius 3 is 2.74 bits per heavy atom. The van der Waals surface area contributed by atoms with E-state index in [9.17, 15) is 9.18 Å². The van der Waals surface area contributed by atoms with Gasteiger partial charge in [-0.2, -0.15) is 4.98 Å². The second kappa shape index (κ2) is 9.11. The van der Waals surface area contributed by atoms with E-state index in [0.717, 1.165) is 40.9 Å². The summed E-state index contributed by atoms with van der Waals surface area (Å²) in [6.45, 7) is 5.05. The molecule has 174 valence electrons. The number of hydrogen-bond donors (Lipinski definition) is 2. The Balaban J connectivity index is 1.57. The highest BCUT2D eigenvalue weighted by molar-refractivity contribution is 6.06. The maximum absolute atomic E-state index is 13.7. The molecule has 0 saturated carbocycles. The molecular formula is C25H25FN6O2. The molecule has 1 aliphatic rings. The van der Waals surface area contributed by atoms with Gasteiger partial charge in [0.2, 0.25) is 11.9 Å². The molecule has 0 bridgehead atoms. The number of fused-ring (bicyclic) bond motifs is 1. The summed E-state index contributed by atoms with van der Waals surface area (Å²) in [6.07, 6.45) is 1.80. The maximum atomic E-state index is 13.7. The van der Waals surface area contributed by atoms with Crippen LogP contribution in [0.25, 0.3) is 16.9 Å². The molecule has 0 unspecified atom stereocenters. The van der Waals surface area contributed by atoms with Gasteiger partial charge in [0.1, 0.15) is 5.82 Å². The zero-order valence-electron chi connectivity index (χ0n) is 18.8. The van der Waals surface area contributed by atoms with Crippen LogP contribution in [0, 0.1) is 12.7 Å². The van der Waals surface area contributed by atoms with E-state index < -0.39 is 5.91 Å². The van der Waals surface area contributed by atoms with Crippen molar-refractivity contribution in [1.29, 1.82) is 0 Å². The molecule has 0 aliphatic carbocycles. The van der Waals surface area contributed by atoms with E-state index in [1.54, 1.807) is 24.4 Å². The number of benzene rings is 2. The molecule has 1 amide bonds. The Bertz CT molecular complexity index is 1360. The van der Waals surface area contributed by atoms with Gasteiger partial charge in [0, 0.05) is 36.3 Å². The van der Waals surface area contributed by atoms with Gasteiger partial charge in [0.15, 0.2) is 5.82 Å². The number of primary amides is 1. The van der Waals surface area contributed by atoms with Crippen LogP contribution >= 0.6 is 0 Å². The van der Waals surface area contributed by atoms with Crippen LogP contribution in [-0.2, 0) is 11.3 Å². The first-order valence-corrected chi connectivity index (χ1v) is 11.1. The number of rotatable bonds is 6. The van der Waals surface area contributed by atoms with Crippen molar-refractivity contribution in [3.63, 3.8) is 0 Å². The summed E-state index contributed by atoms with van der Waals surface area (Å²) in [7, 11) is 0. The molecule has 0 atom stereocenters. The van der Waals surface area contributed by atoms with E-state index in [2.05, 4.69) is 15.2 Å². The Morgan fingerprint density at radius 2 is 1.97 bits per heavy atom. The SMILES string of the molecule is Cc1cc2c(C(N)=O)cccc2n1-c1ncc(N2CCOCC2)c(NCc2cccc(F)c2)n1. The number of ether oxygens (including phenoxy) is 1. The van der Waals surface area contributed by atoms with Gasteiger partial charge in [-0.3, -0.25) is 9.36 Å². The van der Waals surface area contributed by atoms with Gasteiger partial charge >= 0.3 is 0 Å². The molecule has 0 spiro atoms. The lowest BCUT2D eigenvalue weighted by molar-refractivity contribution is 0.100. The zero-order valence-corrected chi connectivity index (χ0v) is 18.8. The van der Waals surface area contributed by atoms with Gasteiger partial charge in [-0.05, 0) is 42.8 Å². The van der Waals surface area contributed by atoms with Gasteiger partial charge in [-0.15, -0.1) is 0 Å². The van der Waals surface area contributed by atoms with Crippen molar-refractivity contribution in [1.82, 2.24) is 14.5 Å². The molecule has 1 saturated heterocycles. The Labute approximate surface area is 196 Å². The van der Waals surface area contributed by atoms with E-state index in [4.69, 9.17) is 15.5 Å². The number of nitrogens with two attached hydrogens (primary N) is 1. The molecule has 9 heteroatoms. The second-order valence-corrected chi connectivity index (χ2v) is 8.21. The summed E-state index contributed by atoms with van der Waals surface area (Å²) in [5.41, 5.74) is 9.36. The Kier molecular flexibility index (Phi) is 5.85. The number of morpholine rings is 1. The number of halogens is 1. The lowest BCUT2D eigenvalue weighted by atomic mass is 10.1. The third-order valence-electron chi connectivity index (χ3n) is 5.95. The quantitative estimate of drug-likeness (QED) is 0.458. The lowest BCUT2D eigenvalue weighted by Gasteiger charge is -2.30. The molecule has 2 aromatic carbocycles. The van der Waals surface area contributed by atoms with Crippen LogP contribution in [0.15, 0.2) is 54.7 Å². The van der Waals surface area contributed by atoms with E-state index in [0.29, 0.717) is 37.1 Å². The molecule has 4 aromatic rings. The third-order valence-corrected chi connectivity index (χ3v) is 5.95. The van der Waals surface area contributed by atoms with Gasteiger partial charge < -0.3 is 20.7 Å². The molecule has 5 rings (SSSR count). The van der Waals surface area contributed by atoms with Crippen molar-refractivity contribution in [3.8, 4) is 5.95 Å². The van der Waals surface area contributed by atoms with Crippen LogP contribution < -0.4 is 16.0 Å².